The molecule has 0 radical (unpaired) electrons. The van der Waals surface area contributed by atoms with Crippen molar-refractivity contribution in [3.8, 4) is 23.1 Å². The second-order valence-corrected chi connectivity index (χ2v) is 5.51. The Kier molecular flexibility index (Phi) is 4.00. The Balaban J connectivity index is 2.38. The largest absolute Gasteiger partial charge is 0.277 e. The molecule has 0 saturated heterocycles. The third-order valence-electron chi connectivity index (χ3n) is 3.50. The van der Waals surface area contributed by atoms with Crippen LogP contribution in [0.25, 0.3) is 17.1 Å². The highest BCUT2D eigenvalue weighted by atomic mass is 32.1. The summed E-state index contributed by atoms with van der Waals surface area (Å²) in [5.41, 5.74) is 2.05. The van der Waals surface area contributed by atoms with Crippen LogP contribution >= 0.6 is 12.6 Å². The van der Waals surface area contributed by atoms with Crippen LogP contribution in [0.1, 0.15) is 11.1 Å². The summed E-state index contributed by atoms with van der Waals surface area (Å²) < 4.78 is 1.45. The molecule has 0 aliphatic heterocycles. The quantitative estimate of drug-likeness (QED) is 0.582. The molecule has 3 aromatic rings. The van der Waals surface area contributed by atoms with Crippen LogP contribution in [0, 0.1) is 18.3 Å². The third kappa shape index (κ3) is 2.77. The first-order valence-electron chi connectivity index (χ1n) is 7.00. The van der Waals surface area contributed by atoms with Crippen molar-refractivity contribution in [1.29, 1.82) is 5.26 Å². The molecule has 0 amide bonds. The minimum Gasteiger partial charge on any atom is -0.267 e. The topological polar surface area (TPSA) is 58.7 Å². The molecule has 1 aromatic heterocycles. The van der Waals surface area contributed by atoms with Crippen LogP contribution in [-0.4, -0.2) is 9.55 Å². The van der Waals surface area contributed by atoms with Crippen LogP contribution in [0.15, 0.2) is 64.4 Å². The highest BCUT2D eigenvalue weighted by Gasteiger charge is 2.17. The fourth-order valence-electron chi connectivity index (χ4n) is 2.32. The number of rotatable bonds is 2. The van der Waals surface area contributed by atoms with Crippen molar-refractivity contribution in [1.82, 2.24) is 9.55 Å². The van der Waals surface area contributed by atoms with Gasteiger partial charge in [0.25, 0.3) is 5.56 Å². The Morgan fingerprint density at radius 3 is 2.35 bits per heavy atom. The van der Waals surface area contributed by atoms with Crippen LogP contribution in [0.4, 0.5) is 0 Å². The van der Waals surface area contributed by atoms with Gasteiger partial charge in [-0.1, -0.05) is 48.0 Å². The molecule has 0 aliphatic rings. The van der Waals surface area contributed by atoms with Gasteiger partial charge < -0.3 is 0 Å². The predicted molar refractivity (Wildman–Crippen MR) is 92.0 cm³/mol. The van der Waals surface area contributed by atoms with E-state index >= 15 is 0 Å². The zero-order chi connectivity index (χ0) is 16.4. The van der Waals surface area contributed by atoms with Gasteiger partial charge in [0.15, 0.2) is 0 Å². The first kappa shape index (κ1) is 15.1. The molecule has 0 unspecified atom stereocenters. The van der Waals surface area contributed by atoms with Gasteiger partial charge in [-0.2, -0.15) is 5.26 Å². The molecule has 0 spiro atoms. The summed E-state index contributed by atoms with van der Waals surface area (Å²) in [6, 6.07) is 18.8. The smallest absolute Gasteiger partial charge is 0.267 e. The van der Waals surface area contributed by atoms with Crippen LogP contribution in [-0.2, 0) is 0 Å². The normalized spacial score (nSPS) is 10.3. The minimum atomic E-state index is -0.421. The van der Waals surface area contributed by atoms with E-state index < -0.39 is 5.56 Å². The molecule has 0 bridgehead atoms. The SMILES string of the molecule is Cc1ccc(-n2c(-c3ccccc3)nc(S)c(C#N)c2=O)cc1. The van der Waals surface area contributed by atoms with Crippen LogP contribution < -0.4 is 5.56 Å². The van der Waals surface area contributed by atoms with Gasteiger partial charge in [0.1, 0.15) is 22.5 Å². The van der Waals surface area contributed by atoms with Crippen molar-refractivity contribution < 1.29 is 0 Å². The van der Waals surface area contributed by atoms with Crippen molar-refractivity contribution in [3.05, 3.63) is 76.1 Å². The van der Waals surface area contributed by atoms with E-state index in [0.29, 0.717) is 11.5 Å². The lowest BCUT2D eigenvalue weighted by molar-refractivity contribution is 0.894. The summed E-state index contributed by atoms with van der Waals surface area (Å²) in [5.74, 6) is 0.462. The van der Waals surface area contributed by atoms with Crippen molar-refractivity contribution >= 4 is 12.6 Å². The number of thiol groups is 1. The van der Waals surface area contributed by atoms with E-state index in [4.69, 9.17) is 0 Å². The van der Waals surface area contributed by atoms with E-state index in [0.717, 1.165) is 11.1 Å². The number of benzene rings is 2. The zero-order valence-electron chi connectivity index (χ0n) is 12.4. The Morgan fingerprint density at radius 1 is 1.09 bits per heavy atom. The zero-order valence-corrected chi connectivity index (χ0v) is 13.3. The first-order chi connectivity index (χ1) is 11.1. The van der Waals surface area contributed by atoms with Gasteiger partial charge in [-0.05, 0) is 19.1 Å². The molecule has 0 atom stereocenters. The number of hydrogen-bond donors (Lipinski definition) is 1. The molecule has 4 nitrogen and oxygen atoms in total. The summed E-state index contributed by atoms with van der Waals surface area (Å²) in [5, 5.41) is 9.36. The fourth-order valence-corrected chi connectivity index (χ4v) is 2.56. The second kappa shape index (κ2) is 6.11. The van der Waals surface area contributed by atoms with Crippen molar-refractivity contribution in [2.45, 2.75) is 11.9 Å². The summed E-state index contributed by atoms with van der Waals surface area (Å²) >= 11 is 4.20. The molecule has 0 aliphatic carbocycles. The summed E-state index contributed by atoms with van der Waals surface area (Å²) in [6.07, 6.45) is 0. The van der Waals surface area contributed by atoms with Gasteiger partial charge in [0.2, 0.25) is 0 Å². The number of nitrogens with zero attached hydrogens (tertiary/aromatic N) is 3. The molecule has 0 N–H and O–H groups in total. The maximum Gasteiger partial charge on any atom is 0.277 e. The van der Waals surface area contributed by atoms with Gasteiger partial charge in [0, 0.05) is 5.56 Å². The lowest BCUT2D eigenvalue weighted by Crippen LogP contribution is -2.25. The first-order valence-corrected chi connectivity index (χ1v) is 7.45. The molecule has 2 aromatic carbocycles. The Labute approximate surface area is 139 Å². The second-order valence-electron chi connectivity index (χ2n) is 5.09. The average molecular weight is 319 g/mol. The van der Waals surface area contributed by atoms with Gasteiger partial charge in [-0.15, -0.1) is 12.6 Å². The molecule has 0 saturated carbocycles. The Hall–Kier alpha value is -2.84. The third-order valence-corrected chi connectivity index (χ3v) is 3.82. The number of aryl methyl sites for hydroxylation is 1. The number of nitriles is 1. The van der Waals surface area contributed by atoms with E-state index in [2.05, 4.69) is 17.6 Å². The number of hydrogen-bond acceptors (Lipinski definition) is 4. The van der Waals surface area contributed by atoms with Crippen molar-refractivity contribution in [2.75, 3.05) is 0 Å². The lowest BCUT2D eigenvalue weighted by atomic mass is 10.1. The van der Waals surface area contributed by atoms with E-state index in [1.165, 1.54) is 4.57 Å². The van der Waals surface area contributed by atoms with Gasteiger partial charge in [-0.25, -0.2) is 4.98 Å². The standard InChI is InChI=1S/C18H13N3OS/c1-12-7-9-14(10-8-12)21-16(13-5-3-2-4-6-13)20-17(23)15(11-19)18(21)22/h2-10,23H,1H3. The summed E-state index contributed by atoms with van der Waals surface area (Å²) in [6.45, 7) is 1.97. The predicted octanol–water partition coefficient (Wildman–Crippen LogP) is 3.37. The van der Waals surface area contributed by atoms with E-state index in [1.54, 1.807) is 0 Å². The molecule has 112 valence electrons. The summed E-state index contributed by atoms with van der Waals surface area (Å²) in [7, 11) is 0. The van der Waals surface area contributed by atoms with Gasteiger partial charge >= 0.3 is 0 Å². The van der Waals surface area contributed by atoms with Gasteiger partial charge in [-0.3, -0.25) is 9.36 Å². The molecule has 1 heterocycles. The molecule has 0 fully saturated rings. The highest BCUT2D eigenvalue weighted by molar-refractivity contribution is 7.80. The van der Waals surface area contributed by atoms with Crippen molar-refractivity contribution in [2.24, 2.45) is 0 Å². The van der Waals surface area contributed by atoms with Crippen LogP contribution in [0.3, 0.4) is 0 Å². The lowest BCUT2D eigenvalue weighted by Gasteiger charge is -2.14. The van der Waals surface area contributed by atoms with E-state index in [1.807, 2.05) is 67.6 Å². The monoisotopic (exact) mass is 319 g/mol. The molecular weight excluding hydrogens is 306 g/mol. The molecular formula is C18H13N3OS. The summed E-state index contributed by atoms with van der Waals surface area (Å²) in [4.78, 5) is 17.1. The van der Waals surface area contributed by atoms with Crippen LogP contribution in [0.5, 0.6) is 0 Å². The van der Waals surface area contributed by atoms with Crippen molar-refractivity contribution in [3.63, 3.8) is 0 Å². The Morgan fingerprint density at radius 2 is 1.74 bits per heavy atom. The fraction of sp³-hybridized carbons (Fsp3) is 0.0556. The average Bonchev–Trinajstić information content (AvgIpc) is 2.57. The van der Waals surface area contributed by atoms with Crippen LogP contribution in [0.2, 0.25) is 0 Å². The number of aromatic nitrogens is 2. The highest BCUT2D eigenvalue weighted by Crippen LogP contribution is 2.22. The maximum absolute atomic E-state index is 12.8. The Bertz CT molecular complexity index is 955. The van der Waals surface area contributed by atoms with E-state index in [-0.39, 0.29) is 10.6 Å². The van der Waals surface area contributed by atoms with Gasteiger partial charge in [0.05, 0.1) is 5.69 Å². The van der Waals surface area contributed by atoms with E-state index in [9.17, 15) is 10.1 Å². The minimum absolute atomic E-state index is 0.0615. The molecule has 5 heteroatoms. The maximum atomic E-state index is 12.8. The molecule has 23 heavy (non-hydrogen) atoms. The molecule has 3 rings (SSSR count).